The number of hydrogen-bond donors (Lipinski definition) is 3. The van der Waals surface area contributed by atoms with Crippen molar-refractivity contribution in [1.82, 2.24) is 14.7 Å². The number of amides is 1. The maximum absolute atomic E-state index is 13.8. The lowest BCUT2D eigenvalue weighted by molar-refractivity contribution is -0.189. The minimum Gasteiger partial charge on any atom is -0.374 e. The molecule has 10 nitrogen and oxygen atoms in total. The molecule has 1 saturated carbocycles. The van der Waals surface area contributed by atoms with Gasteiger partial charge in [0, 0.05) is 31.4 Å². The summed E-state index contributed by atoms with van der Waals surface area (Å²) < 4.78 is 54.7. The molecule has 0 radical (unpaired) electrons. The lowest BCUT2D eigenvalue weighted by atomic mass is 10.00. The van der Waals surface area contributed by atoms with E-state index in [2.05, 4.69) is 28.8 Å². The van der Waals surface area contributed by atoms with Crippen LogP contribution in [0.15, 0.2) is 47.6 Å². The monoisotopic (exact) mass is 663 g/mol. The Morgan fingerprint density at radius 2 is 2.04 bits per heavy atom. The van der Waals surface area contributed by atoms with Gasteiger partial charge in [-0.05, 0) is 106 Å². The number of pyridine rings is 2. The number of nitrogens with one attached hydrogen (secondary N) is 2. The highest BCUT2D eigenvalue weighted by Crippen LogP contribution is 2.60. The average molecular weight is 664 g/mol. The van der Waals surface area contributed by atoms with Crippen LogP contribution in [-0.4, -0.2) is 71.5 Å². The lowest BCUT2D eigenvalue weighted by Gasteiger charge is -2.34. The van der Waals surface area contributed by atoms with Gasteiger partial charge in [-0.25, -0.2) is 15.8 Å². The number of rotatable bonds is 8. The molecule has 46 heavy (non-hydrogen) atoms. The zero-order valence-corrected chi connectivity index (χ0v) is 27.6. The Morgan fingerprint density at radius 1 is 1.26 bits per heavy atom. The van der Waals surface area contributed by atoms with Crippen molar-refractivity contribution in [3.63, 3.8) is 0 Å². The van der Waals surface area contributed by atoms with Crippen molar-refractivity contribution in [3.05, 3.63) is 48.2 Å². The second-order valence-corrected chi connectivity index (χ2v) is 14.4. The first-order chi connectivity index (χ1) is 21.8. The van der Waals surface area contributed by atoms with Crippen molar-refractivity contribution in [2.24, 2.45) is 11.3 Å². The number of nitrogens with two attached hydrogens (primary N) is 1. The summed E-state index contributed by atoms with van der Waals surface area (Å²) in [6.45, 7) is 9.75. The number of ether oxygens (including phenoxy) is 2. The zero-order valence-electron chi connectivity index (χ0n) is 26.8. The Hall–Kier alpha value is -3.20. The molecule has 1 amide bonds. The normalized spacial score (nSPS) is 23.2. The number of hydrogen-bond acceptors (Lipinski definition) is 9. The van der Waals surface area contributed by atoms with Crippen molar-refractivity contribution in [2.45, 2.75) is 88.7 Å². The van der Waals surface area contributed by atoms with Crippen molar-refractivity contribution < 1.29 is 27.4 Å². The molecule has 4 bridgehead atoms. The first-order valence-corrected chi connectivity index (χ1v) is 17.0. The molecular formula is C32H44F3N7O3S. The summed E-state index contributed by atoms with van der Waals surface area (Å²) in [5.41, 5.74) is -1.47. The Morgan fingerprint density at radius 3 is 2.76 bits per heavy atom. The van der Waals surface area contributed by atoms with Gasteiger partial charge in [0.05, 0.1) is 29.8 Å². The van der Waals surface area contributed by atoms with Gasteiger partial charge in [-0.3, -0.25) is 14.5 Å². The van der Waals surface area contributed by atoms with E-state index in [9.17, 15) is 18.0 Å². The fourth-order valence-corrected chi connectivity index (χ4v) is 7.11. The number of carbonyl (C=O) groups excluding carboxylic acids is 1. The molecule has 14 heteroatoms. The van der Waals surface area contributed by atoms with Crippen LogP contribution in [0.2, 0.25) is 0 Å². The predicted molar refractivity (Wildman–Crippen MR) is 176 cm³/mol. The number of anilines is 3. The summed E-state index contributed by atoms with van der Waals surface area (Å²) in [6.07, 6.45) is 0.303. The summed E-state index contributed by atoms with van der Waals surface area (Å²) >= 11 is 0. The first-order valence-electron chi connectivity index (χ1n) is 15.7. The van der Waals surface area contributed by atoms with Crippen LogP contribution in [0.1, 0.15) is 70.2 Å². The third-order valence-electron chi connectivity index (χ3n) is 8.77. The molecule has 3 unspecified atom stereocenters. The van der Waals surface area contributed by atoms with Crippen molar-refractivity contribution >= 4 is 39.4 Å². The lowest BCUT2D eigenvalue weighted by Crippen LogP contribution is -2.40. The van der Waals surface area contributed by atoms with E-state index in [0.29, 0.717) is 49.1 Å². The Labute approximate surface area is 270 Å². The molecule has 2 aliphatic heterocycles. The van der Waals surface area contributed by atoms with E-state index in [1.54, 1.807) is 31.3 Å². The number of fused-ring (bicyclic) bond motifs is 6. The maximum atomic E-state index is 13.8. The smallest absolute Gasteiger partial charge is 0.374 e. The summed E-state index contributed by atoms with van der Waals surface area (Å²) in [7, 11) is -0.761. The SMILES string of the molecule is C/C=S1/NC(=O)c2ccc(N(N)/C=C\C(C)OCCCC3(C(F)(F)F)CC3)nc2N2CC(CC2(C)C)OCCNc2cccc1n2. The number of hydrazine groups is 1. The summed E-state index contributed by atoms with van der Waals surface area (Å²) in [5, 5.41) is 7.30. The van der Waals surface area contributed by atoms with Crippen LogP contribution >= 0.6 is 10.7 Å². The van der Waals surface area contributed by atoms with Gasteiger partial charge in [-0.2, -0.15) is 13.2 Å². The third-order valence-corrected chi connectivity index (χ3v) is 10.3. The molecule has 5 rings (SSSR count). The minimum atomic E-state index is -4.15. The molecule has 2 aromatic heterocycles. The van der Waals surface area contributed by atoms with E-state index in [-0.39, 0.29) is 49.5 Å². The Balaban J connectivity index is 1.34. The molecule has 2 aromatic rings. The molecule has 1 aliphatic carbocycles. The van der Waals surface area contributed by atoms with Gasteiger partial charge in [0.25, 0.3) is 5.91 Å². The highest BCUT2D eigenvalue weighted by molar-refractivity contribution is 8.13. The topological polar surface area (TPSA) is 118 Å². The van der Waals surface area contributed by atoms with Crippen LogP contribution < -0.4 is 25.8 Å². The number of halogens is 3. The Kier molecular flexibility index (Phi) is 10.3. The van der Waals surface area contributed by atoms with Crippen LogP contribution in [0.5, 0.6) is 0 Å². The molecule has 1 saturated heterocycles. The van der Waals surface area contributed by atoms with Gasteiger partial charge in [0.2, 0.25) is 0 Å². The van der Waals surface area contributed by atoms with Crippen molar-refractivity contribution in [3.8, 4) is 0 Å². The number of alkyl halides is 3. The van der Waals surface area contributed by atoms with Crippen LogP contribution in [-0.2, 0) is 9.47 Å². The zero-order chi connectivity index (χ0) is 33.1. The molecule has 4 heterocycles. The Bertz CT molecular complexity index is 1460. The van der Waals surface area contributed by atoms with Gasteiger partial charge in [0.15, 0.2) is 0 Å². The molecule has 3 aliphatic rings. The molecule has 4 N–H and O–H groups in total. The maximum Gasteiger partial charge on any atom is 0.394 e. The van der Waals surface area contributed by atoms with E-state index in [0.717, 1.165) is 11.4 Å². The standard InChI is InChI=1S/C32H44F3N7O3S/c1-5-46-27-9-6-8-25(38-27)37-16-19-45-23-20-30(3,4)41(21-23)28-24(29(43)40-46)10-11-26(39-28)42(36)17-12-22(2)44-18-7-13-31(14-15-31)32(33,34)35/h5-6,8-12,17,22-23H,7,13-16,18-21,36H2,1-4H3,(H,37,38)(H,40,43)/b17-12-. The molecule has 2 fully saturated rings. The quantitative estimate of drug-likeness (QED) is 0.140. The van der Waals surface area contributed by atoms with Crippen molar-refractivity contribution in [1.29, 1.82) is 0 Å². The van der Waals surface area contributed by atoms with Crippen molar-refractivity contribution in [2.75, 3.05) is 41.5 Å². The van der Waals surface area contributed by atoms with E-state index in [1.807, 2.05) is 30.5 Å². The van der Waals surface area contributed by atoms with Crippen LogP contribution in [0, 0.1) is 5.41 Å². The fraction of sp³-hybridized carbons (Fsp3) is 0.562. The van der Waals surface area contributed by atoms with Gasteiger partial charge in [0.1, 0.15) is 22.5 Å². The molecule has 0 spiro atoms. The van der Waals surface area contributed by atoms with Crippen LogP contribution in [0.3, 0.4) is 0 Å². The van der Waals surface area contributed by atoms with E-state index < -0.39 is 22.3 Å². The second kappa shape index (κ2) is 13.9. The van der Waals surface area contributed by atoms with E-state index in [1.165, 1.54) is 5.01 Å². The average Bonchev–Trinajstić information content (AvgIpc) is 3.76. The first kappa shape index (κ1) is 34.1. The number of aromatic nitrogens is 2. The van der Waals surface area contributed by atoms with E-state index >= 15 is 0 Å². The molecule has 252 valence electrons. The fourth-order valence-electron chi connectivity index (χ4n) is 5.91. The minimum absolute atomic E-state index is 0.0704. The highest BCUT2D eigenvalue weighted by Gasteiger charge is 2.62. The van der Waals surface area contributed by atoms with Gasteiger partial charge < -0.3 is 19.7 Å². The van der Waals surface area contributed by atoms with Crippen LogP contribution in [0.25, 0.3) is 0 Å². The second-order valence-electron chi connectivity index (χ2n) is 12.7. The number of nitrogens with zero attached hydrogens (tertiary/aromatic N) is 4. The molecule has 3 atom stereocenters. The third kappa shape index (κ3) is 7.84. The predicted octanol–water partition coefficient (Wildman–Crippen LogP) is 5.79. The largest absolute Gasteiger partial charge is 0.394 e. The molecule has 0 aromatic carbocycles. The number of carbonyl (C=O) groups is 1. The summed E-state index contributed by atoms with van der Waals surface area (Å²) in [4.78, 5) is 25.5. The highest BCUT2D eigenvalue weighted by atomic mass is 32.2. The summed E-state index contributed by atoms with van der Waals surface area (Å²) in [6, 6.07) is 9.09. The van der Waals surface area contributed by atoms with Gasteiger partial charge in [-0.1, -0.05) is 6.07 Å². The van der Waals surface area contributed by atoms with Crippen LogP contribution in [0.4, 0.5) is 30.6 Å². The van der Waals surface area contributed by atoms with Gasteiger partial charge >= 0.3 is 6.18 Å². The molecular weight excluding hydrogens is 619 g/mol. The van der Waals surface area contributed by atoms with Gasteiger partial charge in [-0.15, -0.1) is 0 Å². The van der Waals surface area contributed by atoms with E-state index in [4.69, 9.17) is 25.3 Å². The summed E-state index contributed by atoms with van der Waals surface area (Å²) in [5.74, 6) is 7.72.